The molecule has 2 fully saturated rings. The molecule has 4 atom stereocenters. The Morgan fingerprint density at radius 2 is 2.17 bits per heavy atom. The quantitative estimate of drug-likeness (QED) is 0.892. The van der Waals surface area contributed by atoms with Gasteiger partial charge < -0.3 is 15.6 Å². The molecule has 1 aliphatic carbocycles. The second kappa shape index (κ2) is 6.41. The molecule has 1 aromatic rings. The number of carbonyl (C=O) groups excluding carboxylic acids is 1. The Morgan fingerprint density at radius 3 is 2.78 bits per heavy atom. The minimum atomic E-state index is -1.33. The Balaban J connectivity index is 1.77. The van der Waals surface area contributed by atoms with Gasteiger partial charge in [0, 0.05) is 6.54 Å². The summed E-state index contributed by atoms with van der Waals surface area (Å²) in [7, 11) is 0. The number of nitrogens with zero attached hydrogens (tertiary/aromatic N) is 1. The molecule has 126 valence electrons. The molecule has 3 N–H and O–H groups in total. The molecule has 0 aromatic heterocycles. The minimum absolute atomic E-state index is 0.110. The van der Waals surface area contributed by atoms with Crippen molar-refractivity contribution in [2.75, 3.05) is 18.0 Å². The summed E-state index contributed by atoms with van der Waals surface area (Å²) in [4.78, 5) is 13.1. The number of nitrogens with two attached hydrogens (primary N) is 1. The van der Waals surface area contributed by atoms with Crippen molar-refractivity contribution in [2.45, 2.75) is 43.6 Å². The van der Waals surface area contributed by atoms with Crippen molar-refractivity contribution in [3.05, 3.63) is 29.6 Å². The lowest BCUT2D eigenvalue weighted by Crippen LogP contribution is -2.30. The number of amides is 1. The summed E-state index contributed by atoms with van der Waals surface area (Å²) >= 11 is 0. The second-order valence-electron chi connectivity index (χ2n) is 6.15. The zero-order chi connectivity index (χ0) is 16.6. The Kier molecular flexibility index (Phi) is 4.50. The molecule has 1 amide bonds. The van der Waals surface area contributed by atoms with Gasteiger partial charge in [0.2, 0.25) is 0 Å². The average Bonchev–Trinajstić information content (AvgIpc) is 2.91. The summed E-state index contributed by atoms with van der Waals surface area (Å²) in [6, 6.07) is 4.49. The van der Waals surface area contributed by atoms with E-state index in [1.807, 2.05) is 0 Å². The van der Waals surface area contributed by atoms with Crippen LogP contribution in [0.1, 0.15) is 30.7 Å². The molecule has 1 saturated heterocycles. The number of ether oxygens (including phenoxy) is 1. The first-order valence-electron chi connectivity index (χ1n) is 7.79. The summed E-state index contributed by atoms with van der Waals surface area (Å²) in [6.45, 7) is 0.501. The first kappa shape index (κ1) is 16.1. The van der Waals surface area contributed by atoms with E-state index in [0.29, 0.717) is 24.1 Å². The van der Waals surface area contributed by atoms with Crippen LogP contribution in [0, 0.1) is 5.82 Å². The number of aliphatic hydroxyl groups excluding tert-OH is 1. The van der Waals surface area contributed by atoms with Crippen molar-refractivity contribution < 1.29 is 23.4 Å². The van der Waals surface area contributed by atoms with E-state index < -0.39 is 30.3 Å². The number of carbonyl (C=O) groups is 1. The van der Waals surface area contributed by atoms with E-state index in [0.717, 1.165) is 0 Å². The topological polar surface area (TPSA) is 75.8 Å². The van der Waals surface area contributed by atoms with Gasteiger partial charge in [0.15, 0.2) is 0 Å². The van der Waals surface area contributed by atoms with E-state index >= 15 is 0 Å². The molecule has 7 heteroatoms. The number of halogens is 2. The fourth-order valence-electron chi connectivity index (χ4n) is 3.25. The Morgan fingerprint density at radius 1 is 1.39 bits per heavy atom. The highest BCUT2D eigenvalue weighted by Crippen LogP contribution is 2.37. The van der Waals surface area contributed by atoms with Gasteiger partial charge in [-0.1, -0.05) is 6.07 Å². The Hall–Kier alpha value is -1.73. The predicted octanol–water partition coefficient (Wildman–Crippen LogP) is 2.08. The van der Waals surface area contributed by atoms with E-state index in [1.165, 1.54) is 11.0 Å². The fourth-order valence-corrected chi connectivity index (χ4v) is 3.25. The van der Waals surface area contributed by atoms with Crippen molar-refractivity contribution in [3.63, 3.8) is 0 Å². The van der Waals surface area contributed by atoms with Crippen LogP contribution in [-0.4, -0.2) is 42.7 Å². The standard InChI is InChI=1S/C16H20F2N2O3/c17-13-6-10(20-8-11(7-19)23-16(20)22)2-3-12(13)9-1-4-15(21)14(18)5-9/h2-3,6,9,11,14-15,21H,1,4-5,7-8,19H2. The van der Waals surface area contributed by atoms with E-state index in [9.17, 15) is 18.7 Å². The lowest BCUT2D eigenvalue weighted by molar-refractivity contribution is 0.0364. The number of hydrogen-bond acceptors (Lipinski definition) is 4. The largest absolute Gasteiger partial charge is 0.443 e. The van der Waals surface area contributed by atoms with Crippen LogP contribution < -0.4 is 10.6 Å². The monoisotopic (exact) mass is 326 g/mol. The highest BCUT2D eigenvalue weighted by atomic mass is 19.1. The van der Waals surface area contributed by atoms with Crippen LogP contribution in [0.3, 0.4) is 0 Å². The maximum Gasteiger partial charge on any atom is 0.414 e. The van der Waals surface area contributed by atoms with Crippen LogP contribution in [0.5, 0.6) is 0 Å². The molecule has 2 aliphatic rings. The second-order valence-corrected chi connectivity index (χ2v) is 6.15. The van der Waals surface area contributed by atoms with E-state index in [-0.39, 0.29) is 25.4 Å². The fraction of sp³-hybridized carbons (Fsp3) is 0.562. The third kappa shape index (κ3) is 3.16. The average molecular weight is 326 g/mol. The van der Waals surface area contributed by atoms with Crippen molar-refractivity contribution in [1.82, 2.24) is 0 Å². The molecule has 1 heterocycles. The van der Waals surface area contributed by atoms with Gasteiger partial charge in [0.25, 0.3) is 0 Å². The molecule has 1 aromatic carbocycles. The molecular weight excluding hydrogens is 306 g/mol. The van der Waals surface area contributed by atoms with Gasteiger partial charge in [0.1, 0.15) is 18.1 Å². The van der Waals surface area contributed by atoms with Gasteiger partial charge in [-0.25, -0.2) is 13.6 Å². The zero-order valence-corrected chi connectivity index (χ0v) is 12.6. The maximum atomic E-state index is 14.4. The van der Waals surface area contributed by atoms with Crippen molar-refractivity contribution in [2.24, 2.45) is 5.73 Å². The molecule has 0 spiro atoms. The molecule has 3 rings (SSSR count). The SMILES string of the molecule is NCC1CN(c2ccc(C3CCC(O)C(F)C3)c(F)c2)C(=O)O1. The molecule has 1 aliphatic heterocycles. The van der Waals surface area contributed by atoms with Gasteiger partial charge in [-0.15, -0.1) is 0 Å². The number of hydrogen-bond donors (Lipinski definition) is 2. The number of anilines is 1. The van der Waals surface area contributed by atoms with E-state index in [2.05, 4.69) is 0 Å². The number of alkyl halides is 1. The van der Waals surface area contributed by atoms with Crippen LogP contribution in [0.15, 0.2) is 18.2 Å². The molecule has 23 heavy (non-hydrogen) atoms. The van der Waals surface area contributed by atoms with E-state index in [1.54, 1.807) is 12.1 Å². The maximum absolute atomic E-state index is 14.4. The van der Waals surface area contributed by atoms with Crippen molar-refractivity contribution >= 4 is 11.8 Å². The number of benzene rings is 1. The van der Waals surface area contributed by atoms with Gasteiger partial charge in [0.05, 0.1) is 18.3 Å². The summed E-state index contributed by atoms with van der Waals surface area (Å²) in [5.41, 5.74) is 6.30. The van der Waals surface area contributed by atoms with Gasteiger partial charge in [-0.2, -0.15) is 0 Å². The van der Waals surface area contributed by atoms with Gasteiger partial charge >= 0.3 is 6.09 Å². The molecule has 0 bridgehead atoms. The van der Waals surface area contributed by atoms with Crippen molar-refractivity contribution in [3.8, 4) is 0 Å². The normalized spacial score (nSPS) is 31.3. The van der Waals surface area contributed by atoms with E-state index in [4.69, 9.17) is 10.5 Å². The van der Waals surface area contributed by atoms with Crippen LogP contribution in [0.25, 0.3) is 0 Å². The lowest BCUT2D eigenvalue weighted by Gasteiger charge is -2.29. The Labute approximate surface area is 133 Å². The van der Waals surface area contributed by atoms with Crippen LogP contribution in [0.4, 0.5) is 19.3 Å². The van der Waals surface area contributed by atoms with Crippen LogP contribution >= 0.6 is 0 Å². The van der Waals surface area contributed by atoms with Gasteiger partial charge in [-0.3, -0.25) is 4.90 Å². The highest BCUT2D eigenvalue weighted by molar-refractivity contribution is 5.89. The molecule has 1 saturated carbocycles. The number of cyclic esters (lactones) is 1. The van der Waals surface area contributed by atoms with Crippen LogP contribution in [0.2, 0.25) is 0 Å². The third-order valence-corrected chi connectivity index (χ3v) is 4.61. The highest BCUT2D eigenvalue weighted by Gasteiger charge is 2.33. The molecular formula is C16H20F2N2O3. The summed E-state index contributed by atoms with van der Waals surface area (Å²) < 4.78 is 33.1. The molecule has 0 radical (unpaired) electrons. The van der Waals surface area contributed by atoms with Gasteiger partial charge in [-0.05, 0) is 42.9 Å². The summed E-state index contributed by atoms with van der Waals surface area (Å²) in [6.07, 6.45) is -2.25. The number of aliphatic hydroxyl groups is 1. The predicted molar refractivity (Wildman–Crippen MR) is 80.6 cm³/mol. The molecule has 4 unspecified atom stereocenters. The minimum Gasteiger partial charge on any atom is -0.443 e. The van der Waals surface area contributed by atoms with Crippen LogP contribution in [-0.2, 0) is 4.74 Å². The lowest BCUT2D eigenvalue weighted by atomic mass is 9.81. The smallest absolute Gasteiger partial charge is 0.414 e. The first-order chi connectivity index (χ1) is 11.0. The number of rotatable bonds is 3. The summed E-state index contributed by atoms with van der Waals surface area (Å²) in [5, 5.41) is 9.44. The third-order valence-electron chi connectivity index (χ3n) is 4.61. The zero-order valence-electron chi connectivity index (χ0n) is 12.6. The first-order valence-corrected chi connectivity index (χ1v) is 7.79. The Bertz CT molecular complexity index is 599. The van der Waals surface area contributed by atoms with Crippen molar-refractivity contribution in [1.29, 1.82) is 0 Å². The summed E-state index contributed by atoms with van der Waals surface area (Å²) in [5.74, 6) is -0.732. The molecule has 5 nitrogen and oxygen atoms in total.